The quantitative estimate of drug-likeness (QED) is 0.743. The Balaban J connectivity index is 1.32. The van der Waals surface area contributed by atoms with E-state index in [0.29, 0.717) is 5.56 Å². The van der Waals surface area contributed by atoms with E-state index in [-0.39, 0.29) is 29.6 Å². The molecule has 1 amide bonds. The maximum Gasteiger partial charge on any atom is 0.251 e. The molecule has 0 bridgehead atoms. The van der Waals surface area contributed by atoms with Gasteiger partial charge in [-0.05, 0) is 49.9 Å². The van der Waals surface area contributed by atoms with Crippen LogP contribution in [0.5, 0.6) is 5.88 Å². The second-order valence-electron chi connectivity index (χ2n) is 6.67. The third kappa shape index (κ3) is 3.75. The zero-order valence-corrected chi connectivity index (χ0v) is 14.7. The molecule has 2 aromatic heterocycles. The first-order valence-electron chi connectivity index (χ1n) is 8.98. The fourth-order valence-electron chi connectivity index (χ4n) is 3.43. The third-order valence-corrected chi connectivity index (χ3v) is 4.87. The summed E-state index contributed by atoms with van der Waals surface area (Å²) >= 11 is 0. The number of aromatic nitrogens is 3. The molecular formula is C20H19N5O2. The van der Waals surface area contributed by atoms with E-state index in [1.807, 2.05) is 36.5 Å². The SMILES string of the molecule is N#Cc1nccnc1OC1CCC(NC(=O)c2ccc3[nH]ccc3c2)CC1. The highest BCUT2D eigenvalue weighted by Crippen LogP contribution is 2.24. The van der Waals surface area contributed by atoms with Gasteiger partial charge >= 0.3 is 0 Å². The van der Waals surface area contributed by atoms with Gasteiger partial charge in [0.1, 0.15) is 12.2 Å². The molecule has 1 fully saturated rings. The lowest BCUT2D eigenvalue weighted by atomic mass is 9.92. The molecule has 4 rings (SSSR count). The Bertz CT molecular complexity index is 999. The van der Waals surface area contributed by atoms with Gasteiger partial charge in [-0.1, -0.05) is 0 Å². The predicted molar refractivity (Wildman–Crippen MR) is 99.2 cm³/mol. The molecule has 0 radical (unpaired) electrons. The van der Waals surface area contributed by atoms with Crippen LogP contribution in [0.15, 0.2) is 42.9 Å². The lowest BCUT2D eigenvalue weighted by Gasteiger charge is -2.29. The number of nitrogens with zero attached hydrogens (tertiary/aromatic N) is 3. The van der Waals surface area contributed by atoms with Gasteiger partial charge in [0.2, 0.25) is 5.69 Å². The lowest BCUT2D eigenvalue weighted by Crippen LogP contribution is -2.39. The average Bonchev–Trinajstić information content (AvgIpc) is 3.17. The van der Waals surface area contributed by atoms with Crippen molar-refractivity contribution in [2.24, 2.45) is 0 Å². The number of benzene rings is 1. The second-order valence-corrected chi connectivity index (χ2v) is 6.67. The molecule has 0 atom stereocenters. The van der Waals surface area contributed by atoms with Crippen LogP contribution in [0.25, 0.3) is 10.9 Å². The summed E-state index contributed by atoms with van der Waals surface area (Å²) in [5.74, 6) is 0.232. The highest BCUT2D eigenvalue weighted by Gasteiger charge is 2.25. The zero-order chi connectivity index (χ0) is 18.6. The molecule has 0 aliphatic heterocycles. The maximum atomic E-state index is 12.5. The van der Waals surface area contributed by atoms with Crippen molar-refractivity contribution in [3.05, 3.63) is 54.1 Å². The number of ether oxygens (including phenoxy) is 1. The molecule has 2 N–H and O–H groups in total. The number of carbonyl (C=O) groups excluding carboxylic acids is 1. The van der Waals surface area contributed by atoms with Crippen molar-refractivity contribution in [1.29, 1.82) is 5.26 Å². The van der Waals surface area contributed by atoms with Gasteiger partial charge in [-0.25, -0.2) is 9.97 Å². The summed E-state index contributed by atoms with van der Waals surface area (Å²) in [4.78, 5) is 23.7. The third-order valence-electron chi connectivity index (χ3n) is 4.87. The topological polar surface area (TPSA) is 104 Å². The number of carbonyl (C=O) groups is 1. The number of H-pyrrole nitrogens is 1. The Labute approximate surface area is 156 Å². The summed E-state index contributed by atoms with van der Waals surface area (Å²) in [6.07, 6.45) is 8.08. The van der Waals surface area contributed by atoms with Crippen LogP contribution < -0.4 is 10.1 Å². The van der Waals surface area contributed by atoms with Crippen molar-refractivity contribution in [2.75, 3.05) is 0 Å². The summed E-state index contributed by atoms with van der Waals surface area (Å²) in [6.45, 7) is 0. The van der Waals surface area contributed by atoms with Gasteiger partial charge in [0.25, 0.3) is 11.8 Å². The molecule has 2 heterocycles. The Morgan fingerprint density at radius 2 is 2.00 bits per heavy atom. The largest absolute Gasteiger partial charge is 0.472 e. The number of nitriles is 1. The van der Waals surface area contributed by atoms with Crippen molar-refractivity contribution in [1.82, 2.24) is 20.3 Å². The minimum atomic E-state index is -0.0526. The van der Waals surface area contributed by atoms with Crippen molar-refractivity contribution in [3.8, 4) is 11.9 Å². The summed E-state index contributed by atoms with van der Waals surface area (Å²) in [6, 6.07) is 9.72. The minimum absolute atomic E-state index is 0.0156. The molecule has 7 nitrogen and oxygen atoms in total. The first-order chi connectivity index (χ1) is 13.2. The van der Waals surface area contributed by atoms with Crippen molar-refractivity contribution in [3.63, 3.8) is 0 Å². The molecule has 0 saturated heterocycles. The number of hydrogen-bond donors (Lipinski definition) is 2. The lowest BCUT2D eigenvalue weighted by molar-refractivity contribution is 0.0889. The van der Waals surface area contributed by atoms with Gasteiger partial charge < -0.3 is 15.0 Å². The van der Waals surface area contributed by atoms with Crippen LogP contribution in [-0.4, -0.2) is 33.0 Å². The molecule has 7 heteroatoms. The number of hydrogen-bond acceptors (Lipinski definition) is 5. The standard InChI is InChI=1S/C20H19N5O2/c21-12-18-20(24-10-9-23-18)27-16-4-2-15(3-5-16)25-19(26)14-1-6-17-13(11-14)7-8-22-17/h1,6-11,15-16,22H,2-5H2,(H,25,26). The summed E-state index contributed by atoms with van der Waals surface area (Å²) < 4.78 is 5.84. The van der Waals surface area contributed by atoms with Crippen LogP contribution in [0.3, 0.4) is 0 Å². The van der Waals surface area contributed by atoms with Crippen molar-refractivity contribution < 1.29 is 9.53 Å². The van der Waals surface area contributed by atoms with E-state index < -0.39 is 0 Å². The molecule has 3 aromatic rings. The normalized spacial score (nSPS) is 19.4. The highest BCUT2D eigenvalue weighted by atomic mass is 16.5. The molecule has 1 aliphatic carbocycles. The maximum absolute atomic E-state index is 12.5. The van der Waals surface area contributed by atoms with Crippen LogP contribution >= 0.6 is 0 Å². The number of fused-ring (bicyclic) bond motifs is 1. The first-order valence-corrected chi connectivity index (χ1v) is 8.98. The van der Waals surface area contributed by atoms with Crippen molar-refractivity contribution in [2.45, 2.75) is 37.8 Å². The number of rotatable bonds is 4. The molecule has 1 aromatic carbocycles. The smallest absolute Gasteiger partial charge is 0.251 e. The molecule has 0 spiro atoms. The van der Waals surface area contributed by atoms with E-state index in [4.69, 9.17) is 10.00 Å². The van der Waals surface area contributed by atoms with Crippen LogP contribution in [0.4, 0.5) is 0 Å². The Morgan fingerprint density at radius 3 is 2.81 bits per heavy atom. The van der Waals surface area contributed by atoms with E-state index in [0.717, 1.165) is 36.6 Å². The van der Waals surface area contributed by atoms with E-state index in [2.05, 4.69) is 20.3 Å². The molecule has 136 valence electrons. The zero-order valence-electron chi connectivity index (χ0n) is 14.7. The van der Waals surface area contributed by atoms with E-state index in [1.165, 1.54) is 12.4 Å². The van der Waals surface area contributed by atoms with Crippen LogP contribution in [0, 0.1) is 11.3 Å². The summed E-state index contributed by atoms with van der Waals surface area (Å²) in [7, 11) is 0. The Hall–Kier alpha value is -3.40. The van der Waals surface area contributed by atoms with Crippen LogP contribution in [0.1, 0.15) is 41.7 Å². The Morgan fingerprint density at radius 1 is 1.19 bits per heavy atom. The number of amides is 1. The Kier molecular flexibility index (Phi) is 4.71. The summed E-state index contributed by atoms with van der Waals surface area (Å²) in [5.41, 5.74) is 1.89. The van der Waals surface area contributed by atoms with Gasteiger partial charge in [0, 0.05) is 41.1 Å². The fourth-order valence-corrected chi connectivity index (χ4v) is 3.43. The molecular weight excluding hydrogens is 342 g/mol. The minimum Gasteiger partial charge on any atom is -0.472 e. The van der Waals surface area contributed by atoms with Gasteiger partial charge in [0.15, 0.2) is 0 Å². The predicted octanol–water partition coefficient (Wildman–Crippen LogP) is 2.95. The highest BCUT2D eigenvalue weighted by molar-refractivity contribution is 5.98. The van der Waals surface area contributed by atoms with E-state index in [1.54, 1.807) is 0 Å². The molecule has 0 unspecified atom stereocenters. The van der Waals surface area contributed by atoms with Gasteiger partial charge in [0.05, 0.1) is 0 Å². The van der Waals surface area contributed by atoms with Gasteiger partial charge in [-0.15, -0.1) is 0 Å². The van der Waals surface area contributed by atoms with Crippen LogP contribution in [-0.2, 0) is 0 Å². The fraction of sp³-hybridized carbons (Fsp3) is 0.300. The second kappa shape index (κ2) is 7.46. The summed E-state index contributed by atoms with van der Waals surface area (Å²) in [5, 5.41) is 13.2. The van der Waals surface area contributed by atoms with E-state index >= 15 is 0 Å². The average molecular weight is 361 g/mol. The van der Waals surface area contributed by atoms with Gasteiger partial charge in [-0.2, -0.15) is 5.26 Å². The molecule has 27 heavy (non-hydrogen) atoms. The van der Waals surface area contributed by atoms with E-state index in [9.17, 15) is 4.79 Å². The van der Waals surface area contributed by atoms with Crippen molar-refractivity contribution >= 4 is 16.8 Å². The number of aromatic amines is 1. The molecule has 1 saturated carbocycles. The van der Waals surface area contributed by atoms with Crippen LogP contribution in [0.2, 0.25) is 0 Å². The molecule has 1 aliphatic rings. The van der Waals surface area contributed by atoms with Gasteiger partial charge in [-0.3, -0.25) is 4.79 Å². The number of nitrogens with one attached hydrogen (secondary N) is 2. The monoisotopic (exact) mass is 361 g/mol. The first kappa shape index (κ1) is 17.0.